The van der Waals surface area contributed by atoms with Gasteiger partial charge in [-0.3, -0.25) is 0 Å². The molecule has 6 nitrogen and oxygen atoms in total. The fourth-order valence-electron chi connectivity index (χ4n) is 1.40. The van der Waals surface area contributed by atoms with Gasteiger partial charge in [-0.2, -0.15) is 9.78 Å². The SMILES string of the molecule is CC1(CCl)OOC(CCl)(CC2OCOO2)O1. The van der Waals surface area contributed by atoms with Crippen molar-refractivity contribution in [1.82, 2.24) is 0 Å². The molecule has 2 rings (SSSR count). The molecular weight excluding hydrogens is 263 g/mol. The van der Waals surface area contributed by atoms with E-state index >= 15 is 0 Å². The van der Waals surface area contributed by atoms with Gasteiger partial charge in [-0.15, -0.1) is 23.2 Å². The van der Waals surface area contributed by atoms with Crippen LogP contribution in [0.4, 0.5) is 0 Å². The van der Waals surface area contributed by atoms with Crippen molar-refractivity contribution >= 4 is 23.2 Å². The minimum atomic E-state index is -1.14. The highest BCUT2D eigenvalue weighted by Gasteiger charge is 2.51. The van der Waals surface area contributed by atoms with Crippen molar-refractivity contribution in [1.29, 1.82) is 0 Å². The summed E-state index contributed by atoms with van der Waals surface area (Å²) in [5.41, 5.74) is 0. The van der Waals surface area contributed by atoms with Gasteiger partial charge in [-0.1, -0.05) is 0 Å². The predicted octanol–water partition coefficient (Wildman–Crippen LogP) is 1.51. The van der Waals surface area contributed by atoms with E-state index in [9.17, 15) is 0 Å². The second kappa shape index (κ2) is 4.91. The van der Waals surface area contributed by atoms with Crippen LogP contribution in [0, 0.1) is 0 Å². The first-order valence-electron chi connectivity index (χ1n) is 4.70. The van der Waals surface area contributed by atoms with Crippen molar-refractivity contribution in [2.75, 3.05) is 18.6 Å². The average Bonchev–Trinajstić information content (AvgIpc) is 2.89. The van der Waals surface area contributed by atoms with E-state index in [0.717, 1.165) is 0 Å². The van der Waals surface area contributed by atoms with Gasteiger partial charge in [-0.25, -0.2) is 9.78 Å². The molecular formula is C8H12Cl2O6. The van der Waals surface area contributed by atoms with Crippen molar-refractivity contribution < 1.29 is 29.0 Å². The van der Waals surface area contributed by atoms with Gasteiger partial charge in [0, 0.05) is 0 Å². The molecule has 2 aliphatic rings. The van der Waals surface area contributed by atoms with Crippen LogP contribution in [-0.4, -0.2) is 36.4 Å². The summed E-state index contributed by atoms with van der Waals surface area (Å²) < 4.78 is 10.7. The van der Waals surface area contributed by atoms with Gasteiger partial charge in [-0.05, 0) is 6.92 Å². The number of ether oxygens (including phenoxy) is 2. The van der Waals surface area contributed by atoms with E-state index in [1.165, 1.54) is 0 Å². The van der Waals surface area contributed by atoms with E-state index in [4.69, 9.17) is 47.3 Å². The molecule has 0 N–H and O–H groups in total. The number of halogens is 2. The Bertz CT molecular complexity index is 249. The van der Waals surface area contributed by atoms with Crippen LogP contribution in [0.1, 0.15) is 13.3 Å². The van der Waals surface area contributed by atoms with Crippen molar-refractivity contribution in [2.24, 2.45) is 0 Å². The zero-order chi connectivity index (χ0) is 11.6. The first-order valence-corrected chi connectivity index (χ1v) is 5.77. The Morgan fingerprint density at radius 2 is 2.06 bits per heavy atom. The molecule has 8 heteroatoms. The molecule has 0 aromatic heterocycles. The molecule has 16 heavy (non-hydrogen) atoms. The summed E-state index contributed by atoms with van der Waals surface area (Å²) in [4.78, 5) is 19.5. The summed E-state index contributed by atoms with van der Waals surface area (Å²) in [5, 5.41) is 0. The lowest BCUT2D eigenvalue weighted by molar-refractivity contribution is -0.353. The maximum Gasteiger partial charge on any atom is 0.223 e. The minimum Gasteiger partial charge on any atom is -0.320 e. The summed E-state index contributed by atoms with van der Waals surface area (Å²) in [6, 6.07) is 0. The van der Waals surface area contributed by atoms with Crippen LogP contribution in [0.3, 0.4) is 0 Å². The average molecular weight is 275 g/mol. The largest absolute Gasteiger partial charge is 0.320 e. The van der Waals surface area contributed by atoms with Gasteiger partial charge in [0.1, 0.15) is 0 Å². The smallest absolute Gasteiger partial charge is 0.223 e. The summed E-state index contributed by atoms with van der Waals surface area (Å²) >= 11 is 11.5. The predicted molar refractivity (Wildman–Crippen MR) is 52.4 cm³/mol. The van der Waals surface area contributed by atoms with Crippen LogP contribution in [0.2, 0.25) is 0 Å². The maximum atomic E-state index is 5.80. The normalized spacial score (nSPS) is 44.1. The second-order valence-electron chi connectivity index (χ2n) is 3.71. The number of rotatable bonds is 4. The van der Waals surface area contributed by atoms with Crippen LogP contribution < -0.4 is 0 Å². The molecule has 0 spiro atoms. The maximum absolute atomic E-state index is 5.80. The minimum absolute atomic E-state index is 0.0582. The van der Waals surface area contributed by atoms with Gasteiger partial charge in [0.15, 0.2) is 13.1 Å². The molecule has 2 fully saturated rings. The van der Waals surface area contributed by atoms with E-state index in [2.05, 4.69) is 4.89 Å². The van der Waals surface area contributed by atoms with Crippen LogP contribution in [0.5, 0.6) is 0 Å². The van der Waals surface area contributed by atoms with Gasteiger partial charge < -0.3 is 9.47 Å². The highest BCUT2D eigenvalue weighted by atomic mass is 35.5. The molecule has 0 aliphatic carbocycles. The lowest BCUT2D eigenvalue weighted by atomic mass is 10.2. The van der Waals surface area contributed by atoms with Crippen LogP contribution >= 0.6 is 23.2 Å². The zero-order valence-corrected chi connectivity index (χ0v) is 10.1. The molecule has 0 radical (unpaired) electrons. The number of hydrogen-bond donors (Lipinski definition) is 0. The highest BCUT2D eigenvalue weighted by Crippen LogP contribution is 2.38. The molecule has 2 saturated heterocycles. The first-order chi connectivity index (χ1) is 7.61. The van der Waals surface area contributed by atoms with Crippen molar-refractivity contribution in [2.45, 2.75) is 31.2 Å². The number of alkyl halides is 2. The van der Waals surface area contributed by atoms with Gasteiger partial charge >= 0.3 is 0 Å². The topological polar surface area (TPSA) is 55.4 Å². The summed E-state index contributed by atoms with van der Waals surface area (Å²) in [7, 11) is 0. The fourth-order valence-corrected chi connectivity index (χ4v) is 1.71. The standard InChI is InChI=1S/C8H12Cl2O6/c1-7(3-9)14-8(4-10,16-15-7)2-6-11-5-12-13-6/h6H,2-5H2,1H3. The Hall–Kier alpha value is 0.340. The molecule has 2 aliphatic heterocycles. The Balaban J connectivity index is 1.98. The Labute approximate surface area is 102 Å². The molecule has 3 unspecified atom stereocenters. The lowest BCUT2D eigenvalue weighted by Crippen LogP contribution is -2.40. The van der Waals surface area contributed by atoms with Crippen LogP contribution in [0.15, 0.2) is 0 Å². The third-order valence-corrected chi connectivity index (χ3v) is 3.07. The lowest BCUT2D eigenvalue weighted by Gasteiger charge is -2.25. The third-order valence-electron chi connectivity index (χ3n) is 2.17. The van der Waals surface area contributed by atoms with E-state index < -0.39 is 17.9 Å². The van der Waals surface area contributed by atoms with Crippen LogP contribution in [-0.2, 0) is 29.0 Å². The molecule has 94 valence electrons. The Kier molecular flexibility index (Phi) is 3.93. The highest BCUT2D eigenvalue weighted by molar-refractivity contribution is 6.19. The Morgan fingerprint density at radius 1 is 1.25 bits per heavy atom. The summed E-state index contributed by atoms with van der Waals surface area (Å²) in [5.74, 6) is -1.98. The van der Waals surface area contributed by atoms with Crippen LogP contribution in [0.25, 0.3) is 0 Å². The quantitative estimate of drug-likeness (QED) is 0.572. The van der Waals surface area contributed by atoms with Gasteiger partial charge in [0.05, 0.1) is 18.2 Å². The monoisotopic (exact) mass is 274 g/mol. The molecule has 0 amide bonds. The van der Waals surface area contributed by atoms with E-state index in [1.54, 1.807) is 6.92 Å². The van der Waals surface area contributed by atoms with Crippen molar-refractivity contribution in [3.8, 4) is 0 Å². The van der Waals surface area contributed by atoms with Gasteiger partial charge in [0.2, 0.25) is 11.6 Å². The number of hydrogen-bond acceptors (Lipinski definition) is 6. The molecule has 0 aromatic carbocycles. The first kappa shape index (κ1) is 12.8. The molecule has 3 atom stereocenters. The molecule has 0 bridgehead atoms. The van der Waals surface area contributed by atoms with Crippen molar-refractivity contribution in [3.63, 3.8) is 0 Å². The van der Waals surface area contributed by atoms with Crippen molar-refractivity contribution in [3.05, 3.63) is 0 Å². The van der Waals surface area contributed by atoms with E-state index in [-0.39, 0.29) is 25.0 Å². The van der Waals surface area contributed by atoms with E-state index in [1.807, 2.05) is 0 Å². The Morgan fingerprint density at radius 3 is 2.56 bits per heavy atom. The third kappa shape index (κ3) is 2.60. The second-order valence-corrected chi connectivity index (χ2v) is 4.25. The summed E-state index contributed by atoms with van der Waals surface area (Å²) in [6.07, 6.45) is -0.372. The molecule has 2 heterocycles. The van der Waals surface area contributed by atoms with Gasteiger partial charge in [0.25, 0.3) is 0 Å². The summed E-state index contributed by atoms with van der Waals surface area (Å²) in [6.45, 7) is 1.72. The van der Waals surface area contributed by atoms with E-state index in [0.29, 0.717) is 0 Å². The molecule has 0 aromatic rings. The fraction of sp³-hybridized carbons (Fsp3) is 1.00. The molecule has 0 saturated carbocycles. The zero-order valence-electron chi connectivity index (χ0n) is 8.61.